The topological polar surface area (TPSA) is 118 Å². The van der Waals surface area contributed by atoms with Crippen LogP contribution in [-0.4, -0.2) is 48.2 Å². The Labute approximate surface area is 215 Å². The first-order valence-electron chi connectivity index (χ1n) is 11.1. The number of hydrogen-bond donors (Lipinski definition) is 2. The van der Waals surface area contributed by atoms with Crippen LogP contribution in [0.3, 0.4) is 0 Å². The molecule has 0 spiro atoms. The fourth-order valence-corrected chi connectivity index (χ4v) is 5.26. The molecule has 2 N–H and O–H groups in total. The van der Waals surface area contributed by atoms with E-state index in [4.69, 9.17) is 14.2 Å². The maximum absolute atomic E-state index is 13.4. The number of aromatic nitrogens is 1. The third kappa shape index (κ3) is 4.11. The summed E-state index contributed by atoms with van der Waals surface area (Å²) in [5, 5.41) is 21.7. The summed E-state index contributed by atoms with van der Waals surface area (Å²) in [5.74, 6) is -0.790. The maximum atomic E-state index is 13.4. The number of nitrogens with zero attached hydrogens (tertiary/aromatic N) is 2. The molecule has 5 rings (SSSR count). The lowest BCUT2D eigenvalue weighted by atomic mass is 9.95. The van der Waals surface area contributed by atoms with Gasteiger partial charge in [0.1, 0.15) is 17.3 Å². The average Bonchev–Trinajstić information content (AvgIpc) is 3.46. The summed E-state index contributed by atoms with van der Waals surface area (Å²) >= 11 is 1.22. The predicted molar refractivity (Wildman–Crippen MR) is 139 cm³/mol. The van der Waals surface area contributed by atoms with Crippen LogP contribution in [0.15, 0.2) is 66.2 Å². The SMILES string of the molecule is COc1ccc(/C(O)=C2\C(=O)C(=O)N(c3nc4ccc(OC)cc4s3)C2c2ccc(O)c(OC)c2)cc1. The van der Waals surface area contributed by atoms with Crippen LogP contribution < -0.4 is 19.1 Å². The summed E-state index contributed by atoms with van der Waals surface area (Å²) in [7, 11) is 4.47. The lowest BCUT2D eigenvalue weighted by Gasteiger charge is -2.23. The number of ketones is 1. The Morgan fingerprint density at radius 1 is 0.919 bits per heavy atom. The number of carbonyl (C=O) groups is 2. The first-order chi connectivity index (χ1) is 17.9. The third-order valence-corrected chi connectivity index (χ3v) is 7.14. The molecule has 1 amide bonds. The van der Waals surface area contributed by atoms with Crippen LogP contribution in [0.25, 0.3) is 16.0 Å². The number of phenols is 1. The van der Waals surface area contributed by atoms with Crippen LogP contribution in [0, 0.1) is 0 Å². The second kappa shape index (κ2) is 9.47. The van der Waals surface area contributed by atoms with Gasteiger partial charge in [0.05, 0.1) is 43.2 Å². The van der Waals surface area contributed by atoms with Gasteiger partial charge >= 0.3 is 5.91 Å². The summed E-state index contributed by atoms with van der Waals surface area (Å²) in [5.41, 5.74) is 1.30. The molecule has 4 aromatic rings. The van der Waals surface area contributed by atoms with Crippen molar-refractivity contribution < 1.29 is 34.0 Å². The van der Waals surface area contributed by atoms with Gasteiger partial charge in [-0.1, -0.05) is 17.4 Å². The highest BCUT2D eigenvalue weighted by Gasteiger charge is 2.48. The number of aliphatic hydroxyl groups excluding tert-OH is 1. The van der Waals surface area contributed by atoms with E-state index < -0.39 is 17.7 Å². The molecule has 1 aromatic heterocycles. The van der Waals surface area contributed by atoms with Gasteiger partial charge < -0.3 is 24.4 Å². The van der Waals surface area contributed by atoms with Gasteiger partial charge in [0.2, 0.25) is 0 Å². The minimum absolute atomic E-state index is 0.106. The van der Waals surface area contributed by atoms with Crippen LogP contribution in [-0.2, 0) is 9.59 Å². The molecular weight excluding hydrogens is 496 g/mol. The molecule has 1 saturated heterocycles. The van der Waals surface area contributed by atoms with Crippen molar-refractivity contribution in [1.82, 2.24) is 4.98 Å². The summed E-state index contributed by atoms with van der Waals surface area (Å²) in [6, 6.07) is 15.3. The molecule has 0 aliphatic carbocycles. The van der Waals surface area contributed by atoms with Gasteiger partial charge in [-0.3, -0.25) is 14.5 Å². The largest absolute Gasteiger partial charge is 0.507 e. The molecular formula is C27H22N2O7S. The van der Waals surface area contributed by atoms with Crippen molar-refractivity contribution >= 4 is 44.1 Å². The zero-order chi connectivity index (χ0) is 26.3. The molecule has 1 unspecified atom stereocenters. The van der Waals surface area contributed by atoms with Crippen molar-refractivity contribution in [1.29, 1.82) is 0 Å². The minimum Gasteiger partial charge on any atom is -0.507 e. The number of methoxy groups -OCH3 is 3. The average molecular weight is 519 g/mol. The van der Waals surface area contributed by atoms with E-state index in [1.807, 2.05) is 0 Å². The summed E-state index contributed by atoms with van der Waals surface area (Å²) in [6.07, 6.45) is 0. The van der Waals surface area contributed by atoms with E-state index in [0.29, 0.717) is 28.1 Å². The minimum atomic E-state index is -1.03. The van der Waals surface area contributed by atoms with Gasteiger partial charge in [0.25, 0.3) is 5.78 Å². The molecule has 2 heterocycles. The van der Waals surface area contributed by atoms with Crippen molar-refractivity contribution in [3.05, 3.63) is 77.4 Å². The number of thiazole rings is 1. The molecule has 10 heteroatoms. The zero-order valence-electron chi connectivity index (χ0n) is 20.1. The van der Waals surface area contributed by atoms with Gasteiger partial charge in [-0.05, 0) is 60.2 Å². The van der Waals surface area contributed by atoms with E-state index in [0.717, 1.165) is 4.70 Å². The maximum Gasteiger partial charge on any atom is 0.301 e. The monoisotopic (exact) mass is 518 g/mol. The number of rotatable bonds is 6. The molecule has 3 aromatic carbocycles. The highest BCUT2D eigenvalue weighted by molar-refractivity contribution is 7.22. The highest BCUT2D eigenvalue weighted by Crippen LogP contribution is 2.46. The first-order valence-corrected chi connectivity index (χ1v) is 11.9. The van der Waals surface area contributed by atoms with E-state index in [9.17, 15) is 19.8 Å². The Kier molecular flexibility index (Phi) is 6.18. The van der Waals surface area contributed by atoms with Crippen LogP contribution in [0.4, 0.5) is 5.13 Å². The highest BCUT2D eigenvalue weighted by atomic mass is 32.1. The molecule has 0 saturated carbocycles. The molecule has 1 fully saturated rings. The summed E-state index contributed by atoms with van der Waals surface area (Å²) < 4.78 is 16.5. The van der Waals surface area contributed by atoms with E-state index in [2.05, 4.69) is 4.98 Å². The van der Waals surface area contributed by atoms with Gasteiger partial charge in [0.15, 0.2) is 16.6 Å². The summed E-state index contributed by atoms with van der Waals surface area (Å²) in [4.78, 5) is 32.7. The first kappa shape index (κ1) is 24.1. The number of Topliss-reactive ketones (excluding diaryl/α,β-unsaturated/α-hetero) is 1. The van der Waals surface area contributed by atoms with Crippen molar-refractivity contribution in [2.75, 3.05) is 26.2 Å². The number of fused-ring (bicyclic) bond motifs is 1. The van der Waals surface area contributed by atoms with Gasteiger partial charge in [0, 0.05) is 5.56 Å². The number of ether oxygens (including phenoxy) is 3. The number of benzene rings is 3. The lowest BCUT2D eigenvalue weighted by molar-refractivity contribution is -0.132. The number of aliphatic hydroxyl groups is 1. The standard InChI is InChI=1S/C27H22N2O7S/c1-34-16-7-4-14(5-8-16)24(31)22-23(15-6-11-19(30)20(12-15)36-3)29(26(33)25(22)32)27-28-18-10-9-17(35-2)13-21(18)37-27/h4-13,23,30-31H,1-3H3/b24-22+. The zero-order valence-corrected chi connectivity index (χ0v) is 20.9. The van der Waals surface area contributed by atoms with Crippen LogP contribution in [0.2, 0.25) is 0 Å². The van der Waals surface area contributed by atoms with Gasteiger partial charge in [-0.25, -0.2) is 4.98 Å². The Morgan fingerprint density at radius 3 is 2.30 bits per heavy atom. The second-order valence-corrected chi connectivity index (χ2v) is 9.17. The molecule has 9 nitrogen and oxygen atoms in total. The second-order valence-electron chi connectivity index (χ2n) is 8.16. The van der Waals surface area contributed by atoms with E-state index >= 15 is 0 Å². The molecule has 188 valence electrons. The normalized spacial score (nSPS) is 16.8. The fraction of sp³-hybridized carbons (Fsp3) is 0.148. The van der Waals surface area contributed by atoms with Crippen LogP contribution >= 0.6 is 11.3 Å². The number of aromatic hydroxyl groups is 1. The Balaban J connectivity index is 1.72. The number of hydrogen-bond acceptors (Lipinski definition) is 9. The van der Waals surface area contributed by atoms with Crippen LogP contribution in [0.5, 0.6) is 23.0 Å². The van der Waals surface area contributed by atoms with Gasteiger partial charge in [-0.2, -0.15) is 0 Å². The molecule has 1 aliphatic rings. The van der Waals surface area contributed by atoms with Crippen molar-refractivity contribution in [2.24, 2.45) is 0 Å². The molecule has 1 atom stereocenters. The van der Waals surface area contributed by atoms with Crippen molar-refractivity contribution in [3.8, 4) is 23.0 Å². The van der Waals surface area contributed by atoms with E-state index in [1.54, 1.807) is 55.6 Å². The Bertz CT molecular complexity index is 1560. The van der Waals surface area contributed by atoms with E-state index in [-0.39, 0.29) is 28.0 Å². The number of carbonyl (C=O) groups excluding carboxylic acids is 2. The molecule has 0 bridgehead atoms. The number of phenolic OH excluding ortho intramolecular Hbond substituents is 1. The van der Waals surface area contributed by atoms with E-state index in [1.165, 1.54) is 42.6 Å². The predicted octanol–water partition coefficient (Wildman–Crippen LogP) is 4.65. The number of amides is 1. The third-order valence-electron chi connectivity index (χ3n) is 6.12. The Morgan fingerprint density at radius 2 is 1.62 bits per heavy atom. The lowest BCUT2D eigenvalue weighted by Crippen LogP contribution is -2.29. The summed E-state index contributed by atoms with van der Waals surface area (Å²) in [6.45, 7) is 0. The van der Waals surface area contributed by atoms with Gasteiger partial charge in [-0.15, -0.1) is 0 Å². The number of anilines is 1. The molecule has 0 radical (unpaired) electrons. The fourth-order valence-electron chi connectivity index (χ4n) is 4.24. The van der Waals surface area contributed by atoms with Crippen molar-refractivity contribution in [2.45, 2.75) is 6.04 Å². The molecule has 37 heavy (non-hydrogen) atoms. The molecule has 1 aliphatic heterocycles. The smallest absolute Gasteiger partial charge is 0.301 e. The quantitative estimate of drug-likeness (QED) is 0.215. The van der Waals surface area contributed by atoms with Crippen molar-refractivity contribution in [3.63, 3.8) is 0 Å². The van der Waals surface area contributed by atoms with Crippen LogP contribution in [0.1, 0.15) is 17.2 Å². The Hall–Kier alpha value is -4.57.